The van der Waals surface area contributed by atoms with Crippen molar-refractivity contribution < 1.29 is 19.0 Å². The van der Waals surface area contributed by atoms with Gasteiger partial charge in [-0.3, -0.25) is 9.36 Å². The number of carbonyl (C=O) groups is 1. The molecule has 3 heterocycles. The van der Waals surface area contributed by atoms with Gasteiger partial charge in [0.05, 0.1) is 18.6 Å². The van der Waals surface area contributed by atoms with Crippen molar-refractivity contribution in [2.75, 3.05) is 0 Å². The van der Waals surface area contributed by atoms with E-state index in [2.05, 4.69) is 28.8 Å². The lowest BCUT2D eigenvalue weighted by Crippen LogP contribution is -2.45. The summed E-state index contributed by atoms with van der Waals surface area (Å²) in [6, 6.07) is 9.94. The van der Waals surface area contributed by atoms with E-state index in [-0.39, 0.29) is 5.97 Å². The Kier molecular flexibility index (Phi) is 6.02. The average Bonchev–Trinajstić information content (AvgIpc) is 3.33. The van der Waals surface area contributed by atoms with Crippen molar-refractivity contribution in [2.24, 2.45) is 0 Å². The number of rotatable bonds is 7. The zero-order valence-electron chi connectivity index (χ0n) is 18.3. The van der Waals surface area contributed by atoms with E-state index < -0.39 is 24.0 Å². The Morgan fingerprint density at radius 3 is 2.58 bits per heavy atom. The maximum absolute atomic E-state index is 12.1. The maximum Gasteiger partial charge on any atom is 0.303 e. The highest BCUT2D eigenvalue weighted by molar-refractivity contribution is 5.73. The molecule has 0 N–H and O–H groups in total. The van der Waals surface area contributed by atoms with Crippen LogP contribution in [0.4, 0.5) is 0 Å². The normalized spacial score (nSPS) is 22.6. The molecule has 1 saturated heterocycles. The lowest BCUT2D eigenvalue weighted by molar-refractivity contribution is -0.158. The molecule has 2 aromatic heterocycles. The summed E-state index contributed by atoms with van der Waals surface area (Å²) in [5.74, 6) is -0.384. The van der Waals surface area contributed by atoms with Crippen LogP contribution in [-0.2, 0) is 25.6 Å². The first-order chi connectivity index (χ1) is 15.0. The van der Waals surface area contributed by atoms with Gasteiger partial charge < -0.3 is 14.2 Å². The van der Waals surface area contributed by atoms with Gasteiger partial charge in [0.1, 0.15) is 23.5 Å². The number of nitrogens with zero attached hydrogens (tertiary/aromatic N) is 4. The third-order valence-corrected chi connectivity index (χ3v) is 6.04. The van der Waals surface area contributed by atoms with E-state index in [0.29, 0.717) is 30.6 Å². The molecule has 1 aromatic carbocycles. The van der Waals surface area contributed by atoms with Gasteiger partial charge in [-0.05, 0) is 25.3 Å². The number of aromatic nitrogens is 4. The molecule has 1 aliphatic rings. The molecular weight excluding hydrogens is 396 g/mol. The number of fused-ring (bicyclic) bond motifs is 1. The average molecular weight is 425 g/mol. The number of hydrogen-bond donors (Lipinski definition) is 0. The summed E-state index contributed by atoms with van der Waals surface area (Å²) in [6.07, 6.45) is 2.88. The van der Waals surface area contributed by atoms with Gasteiger partial charge in [-0.25, -0.2) is 15.0 Å². The fourth-order valence-corrected chi connectivity index (χ4v) is 4.33. The fourth-order valence-electron chi connectivity index (χ4n) is 4.33. The molecule has 0 amide bonds. The van der Waals surface area contributed by atoms with Crippen LogP contribution in [0.2, 0.25) is 0 Å². The molecule has 31 heavy (non-hydrogen) atoms. The van der Waals surface area contributed by atoms with E-state index >= 15 is 0 Å². The predicted molar refractivity (Wildman–Crippen MR) is 114 cm³/mol. The van der Waals surface area contributed by atoms with Gasteiger partial charge in [0.15, 0.2) is 18.0 Å². The number of carbonyl (C=O) groups excluding carboxylic acids is 1. The van der Waals surface area contributed by atoms with Crippen molar-refractivity contribution in [3.8, 4) is 0 Å². The van der Waals surface area contributed by atoms with Crippen LogP contribution in [0.5, 0.6) is 0 Å². The van der Waals surface area contributed by atoms with Gasteiger partial charge in [-0.2, -0.15) is 0 Å². The second kappa shape index (κ2) is 8.72. The SMILES string of the molecule is CCC1(CC)O[C@@H](n2cnc3c(C)ncnc32)C(OC(C)=O)[C@H]1OCc1ccccc1. The fraction of sp³-hybridized carbons (Fsp3) is 0.478. The highest BCUT2D eigenvalue weighted by Gasteiger charge is 2.56. The van der Waals surface area contributed by atoms with E-state index in [1.807, 2.05) is 41.8 Å². The molecule has 3 aromatic rings. The summed E-state index contributed by atoms with van der Waals surface area (Å²) in [7, 11) is 0. The molecular formula is C23H28N4O4. The molecule has 0 spiro atoms. The zero-order valence-corrected chi connectivity index (χ0v) is 18.3. The summed E-state index contributed by atoms with van der Waals surface area (Å²) < 4.78 is 20.6. The number of esters is 1. The molecule has 1 unspecified atom stereocenters. The Morgan fingerprint density at radius 2 is 1.90 bits per heavy atom. The number of hydrogen-bond acceptors (Lipinski definition) is 7. The van der Waals surface area contributed by atoms with Crippen LogP contribution in [-0.4, -0.2) is 43.3 Å². The molecule has 0 radical (unpaired) electrons. The first-order valence-corrected chi connectivity index (χ1v) is 10.6. The smallest absolute Gasteiger partial charge is 0.303 e. The molecule has 8 nitrogen and oxygen atoms in total. The maximum atomic E-state index is 12.1. The molecule has 0 bridgehead atoms. The molecule has 3 atom stereocenters. The van der Waals surface area contributed by atoms with E-state index in [1.54, 1.807) is 6.33 Å². The van der Waals surface area contributed by atoms with Crippen LogP contribution in [0.1, 0.15) is 51.1 Å². The van der Waals surface area contributed by atoms with Crippen LogP contribution in [0, 0.1) is 6.92 Å². The largest absolute Gasteiger partial charge is 0.455 e. The number of aryl methyl sites for hydroxylation is 1. The Bertz CT molecular complexity index is 1050. The molecule has 0 saturated carbocycles. The second-order valence-corrected chi connectivity index (χ2v) is 7.85. The Morgan fingerprint density at radius 1 is 1.16 bits per heavy atom. The van der Waals surface area contributed by atoms with E-state index in [0.717, 1.165) is 11.3 Å². The third-order valence-electron chi connectivity index (χ3n) is 6.04. The van der Waals surface area contributed by atoms with Crippen LogP contribution in [0.3, 0.4) is 0 Å². The lowest BCUT2D eigenvalue weighted by atomic mass is 9.89. The standard InChI is InChI=1S/C23H28N4O4/c1-5-23(6-2)20(29-12-17-10-8-7-9-11-17)19(30-16(4)28)22(31-23)27-14-26-18-15(3)24-13-25-21(18)27/h7-11,13-14,19-20,22H,5-6,12H2,1-4H3/t19?,20-,22-/m1/s1. The lowest BCUT2D eigenvalue weighted by Gasteiger charge is -2.33. The van der Waals surface area contributed by atoms with E-state index in [9.17, 15) is 4.79 Å². The van der Waals surface area contributed by atoms with Crippen molar-refractivity contribution >= 4 is 17.1 Å². The first kappa shape index (κ1) is 21.4. The van der Waals surface area contributed by atoms with Crippen molar-refractivity contribution in [3.05, 3.63) is 54.2 Å². The van der Waals surface area contributed by atoms with Crippen LogP contribution in [0.25, 0.3) is 11.2 Å². The van der Waals surface area contributed by atoms with Gasteiger partial charge in [0.2, 0.25) is 0 Å². The summed E-state index contributed by atoms with van der Waals surface area (Å²) in [5, 5.41) is 0. The van der Waals surface area contributed by atoms with Crippen molar-refractivity contribution in [1.82, 2.24) is 19.5 Å². The van der Waals surface area contributed by atoms with Gasteiger partial charge >= 0.3 is 5.97 Å². The first-order valence-electron chi connectivity index (χ1n) is 10.6. The van der Waals surface area contributed by atoms with Crippen molar-refractivity contribution in [2.45, 2.75) is 71.2 Å². The minimum absolute atomic E-state index is 0.384. The van der Waals surface area contributed by atoms with Crippen LogP contribution in [0.15, 0.2) is 43.0 Å². The predicted octanol–water partition coefficient (Wildman–Crippen LogP) is 3.74. The van der Waals surface area contributed by atoms with Crippen LogP contribution >= 0.6 is 0 Å². The molecule has 4 rings (SSSR count). The number of ether oxygens (including phenoxy) is 3. The highest BCUT2D eigenvalue weighted by Crippen LogP contribution is 2.45. The van der Waals surface area contributed by atoms with E-state index in [4.69, 9.17) is 14.2 Å². The zero-order chi connectivity index (χ0) is 22.0. The summed E-state index contributed by atoms with van der Waals surface area (Å²) in [4.78, 5) is 25.1. The number of imidazole rings is 1. The van der Waals surface area contributed by atoms with Gasteiger partial charge in [-0.1, -0.05) is 44.2 Å². The van der Waals surface area contributed by atoms with Crippen LogP contribution < -0.4 is 0 Å². The van der Waals surface area contributed by atoms with Crippen molar-refractivity contribution in [3.63, 3.8) is 0 Å². The van der Waals surface area contributed by atoms with Gasteiger partial charge in [0.25, 0.3) is 0 Å². The Hall–Kier alpha value is -2.84. The molecule has 1 fully saturated rings. The summed E-state index contributed by atoms with van der Waals surface area (Å²) in [6.45, 7) is 7.81. The third kappa shape index (κ3) is 3.93. The van der Waals surface area contributed by atoms with Crippen molar-refractivity contribution in [1.29, 1.82) is 0 Å². The minimum Gasteiger partial charge on any atom is -0.455 e. The monoisotopic (exact) mass is 424 g/mol. The summed E-state index contributed by atoms with van der Waals surface area (Å²) >= 11 is 0. The Labute approximate surface area is 181 Å². The van der Waals surface area contributed by atoms with E-state index in [1.165, 1.54) is 13.3 Å². The van der Waals surface area contributed by atoms with Gasteiger partial charge in [-0.15, -0.1) is 0 Å². The molecule has 0 aliphatic carbocycles. The Balaban J connectivity index is 1.74. The second-order valence-electron chi connectivity index (χ2n) is 7.85. The number of benzene rings is 1. The molecule has 1 aliphatic heterocycles. The molecule has 8 heteroatoms. The molecule has 164 valence electrons. The minimum atomic E-state index is -0.645. The quantitative estimate of drug-likeness (QED) is 0.534. The highest BCUT2D eigenvalue weighted by atomic mass is 16.6. The topological polar surface area (TPSA) is 88.4 Å². The van der Waals surface area contributed by atoms with Gasteiger partial charge in [0, 0.05) is 6.92 Å². The summed E-state index contributed by atoms with van der Waals surface area (Å²) in [5.41, 5.74) is 2.54.